The molecule has 0 saturated carbocycles. The number of carbonyl (C=O) groups is 1. The van der Waals surface area contributed by atoms with Gasteiger partial charge in [-0.15, -0.1) is 0 Å². The Labute approximate surface area is 175 Å². The van der Waals surface area contributed by atoms with Crippen LogP contribution in [0.25, 0.3) is 0 Å². The van der Waals surface area contributed by atoms with Gasteiger partial charge < -0.3 is 24.0 Å². The van der Waals surface area contributed by atoms with Crippen LogP contribution in [-0.2, 0) is 11.2 Å². The summed E-state index contributed by atoms with van der Waals surface area (Å²) in [5, 5.41) is 0. The summed E-state index contributed by atoms with van der Waals surface area (Å²) >= 11 is 0. The van der Waals surface area contributed by atoms with E-state index in [1.807, 2.05) is 19.0 Å². The molecular weight excluding hydrogens is 388 g/mol. The van der Waals surface area contributed by atoms with Crippen molar-refractivity contribution in [3.8, 4) is 17.2 Å². The molecule has 2 aromatic rings. The van der Waals surface area contributed by atoms with Gasteiger partial charge >= 0.3 is 0 Å². The Morgan fingerprint density at radius 3 is 2.40 bits per heavy atom. The molecule has 0 aliphatic carbocycles. The van der Waals surface area contributed by atoms with Crippen molar-refractivity contribution in [2.24, 2.45) is 0 Å². The lowest BCUT2D eigenvalue weighted by Gasteiger charge is -2.18. The molecule has 1 N–H and O–H groups in total. The number of likely N-dealkylation sites (tertiary alicyclic amines) is 1. The number of anilines is 1. The van der Waals surface area contributed by atoms with E-state index in [2.05, 4.69) is 9.97 Å². The maximum atomic E-state index is 12.9. The molecule has 1 aliphatic heterocycles. The largest absolute Gasteiger partial charge is 0.493 e. The average Bonchev–Trinajstić information content (AvgIpc) is 3.23. The summed E-state index contributed by atoms with van der Waals surface area (Å²) in [7, 11) is 8.28. The first kappa shape index (κ1) is 21.5. The third kappa shape index (κ3) is 4.50. The number of nitrogens with zero attached hydrogens (tertiary/aromatic N) is 3. The van der Waals surface area contributed by atoms with Gasteiger partial charge in [-0.05, 0) is 24.1 Å². The first-order valence-corrected chi connectivity index (χ1v) is 9.71. The number of methoxy groups -OCH3 is 3. The maximum absolute atomic E-state index is 12.9. The Morgan fingerprint density at radius 2 is 1.83 bits per heavy atom. The average molecular weight is 416 g/mol. The van der Waals surface area contributed by atoms with Crippen molar-refractivity contribution in [2.45, 2.75) is 18.8 Å². The van der Waals surface area contributed by atoms with Crippen molar-refractivity contribution in [1.29, 1.82) is 0 Å². The highest BCUT2D eigenvalue weighted by molar-refractivity contribution is 5.79. The van der Waals surface area contributed by atoms with Crippen LogP contribution >= 0.6 is 0 Å². The highest BCUT2D eigenvalue weighted by atomic mass is 16.5. The summed E-state index contributed by atoms with van der Waals surface area (Å²) in [5.41, 5.74) is 1.30. The van der Waals surface area contributed by atoms with Crippen molar-refractivity contribution in [2.75, 3.05) is 53.4 Å². The van der Waals surface area contributed by atoms with Gasteiger partial charge in [0.15, 0.2) is 11.5 Å². The molecule has 0 radical (unpaired) electrons. The molecule has 2 heterocycles. The minimum absolute atomic E-state index is 0.00412. The number of aromatic nitrogens is 2. The third-order valence-electron chi connectivity index (χ3n) is 5.21. The van der Waals surface area contributed by atoms with E-state index in [-0.39, 0.29) is 23.8 Å². The van der Waals surface area contributed by atoms with Gasteiger partial charge in [0.2, 0.25) is 17.6 Å². The summed E-state index contributed by atoms with van der Waals surface area (Å²) in [4.78, 5) is 35.7. The quantitative estimate of drug-likeness (QED) is 0.729. The van der Waals surface area contributed by atoms with Crippen LogP contribution in [0.5, 0.6) is 17.2 Å². The van der Waals surface area contributed by atoms with Gasteiger partial charge in [-0.25, -0.2) is 4.98 Å². The zero-order valence-corrected chi connectivity index (χ0v) is 18.0. The van der Waals surface area contributed by atoms with Crippen LogP contribution in [0.1, 0.15) is 23.6 Å². The smallest absolute Gasteiger partial charge is 0.252 e. The number of H-pyrrole nitrogens is 1. The van der Waals surface area contributed by atoms with E-state index in [1.165, 1.54) is 6.07 Å². The zero-order chi connectivity index (χ0) is 21.8. The Bertz CT molecular complexity index is 947. The van der Waals surface area contributed by atoms with Crippen molar-refractivity contribution in [1.82, 2.24) is 14.9 Å². The maximum Gasteiger partial charge on any atom is 0.252 e. The van der Waals surface area contributed by atoms with E-state index in [0.717, 1.165) is 12.0 Å². The highest BCUT2D eigenvalue weighted by Gasteiger charge is 2.29. The van der Waals surface area contributed by atoms with E-state index >= 15 is 0 Å². The summed E-state index contributed by atoms with van der Waals surface area (Å²) in [6.07, 6.45) is 0.986. The molecular formula is C21H28N4O5. The molecule has 162 valence electrons. The number of amides is 1. The SMILES string of the molecule is COc1cc(CC(=O)N2CC[C@@H](c3cc(=O)[nH]c(N(C)C)n3)C2)cc(OC)c1OC. The van der Waals surface area contributed by atoms with E-state index in [0.29, 0.717) is 42.0 Å². The monoisotopic (exact) mass is 416 g/mol. The summed E-state index contributed by atoms with van der Waals surface area (Å²) in [6, 6.07) is 5.09. The molecule has 0 bridgehead atoms. The highest BCUT2D eigenvalue weighted by Crippen LogP contribution is 2.38. The van der Waals surface area contributed by atoms with Gasteiger partial charge in [0, 0.05) is 39.2 Å². The van der Waals surface area contributed by atoms with Gasteiger partial charge in [0.05, 0.1) is 33.4 Å². The van der Waals surface area contributed by atoms with E-state index in [1.54, 1.807) is 38.4 Å². The molecule has 1 aliphatic rings. The van der Waals surface area contributed by atoms with Gasteiger partial charge in [0.1, 0.15) is 0 Å². The fourth-order valence-corrected chi connectivity index (χ4v) is 3.64. The molecule has 1 atom stereocenters. The van der Waals surface area contributed by atoms with Gasteiger partial charge in [-0.3, -0.25) is 14.6 Å². The Hall–Kier alpha value is -3.23. The first-order valence-electron chi connectivity index (χ1n) is 9.71. The molecule has 9 nitrogen and oxygen atoms in total. The van der Waals surface area contributed by atoms with Crippen LogP contribution in [0.3, 0.4) is 0 Å². The minimum Gasteiger partial charge on any atom is -0.493 e. The molecule has 3 rings (SSSR count). The predicted octanol–water partition coefficient (Wildman–Crippen LogP) is 1.42. The van der Waals surface area contributed by atoms with E-state index in [9.17, 15) is 9.59 Å². The van der Waals surface area contributed by atoms with Crippen LogP contribution in [0, 0.1) is 0 Å². The fraction of sp³-hybridized carbons (Fsp3) is 0.476. The van der Waals surface area contributed by atoms with Crippen LogP contribution < -0.4 is 24.7 Å². The normalized spacial score (nSPS) is 15.8. The fourth-order valence-electron chi connectivity index (χ4n) is 3.64. The second-order valence-corrected chi connectivity index (χ2v) is 7.42. The van der Waals surface area contributed by atoms with Crippen LogP contribution in [-0.4, -0.2) is 69.3 Å². The van der Waals surface area contributed by atoms with Gasteiger partial charge in [-0.2, -0.15) is 0 Å². The van der Waals surface area contributed by atoms with E-state index in [4.69, 9.17) is 14.2 Å². The second kappa shape index (κ2) is 9.06. The number of aromatic amines is 1. The Balaban J connectivity index is 1.73. The Morgan fingerprint density at radius 1 is 1.17 bits per heavy atom. The number of nitrogens with one attached hydrogen (secondary N) is 1. The number of hydrogen-bond acceptors (Lipinski definition) is 7. The molecule has 1 fully saturated rings. The number of benzene rings is 1. The summed E-state index contributed by atoms with van der Waals surface area (Å²) < 4.78 is 16.1. The number of carbonyl (C=O) groups excluding carboxylic acids is 1. The zero-order valence-electron chi connectivity index (χ0n) is 18.0. The number of hydrogen-bond donors (Lipinski definition) is 1. The molecule has 9 heteroatoms. The Kier molecular flexibility index (Phi) is 6.49. The van der Waals surface area contributed by atoms with Crippen LogP contribution in [0.4, 0.5) is 5.95 Å². The molecule has 1 aromatic carbocycles. The lowest BCUT2D eigenvalue weighted by atomic mass is 10.0. The van der Waals surface area contributed by atoms with Crippen molar-refractivity contribution in [3.63, 3.8) is 0 Å². The number of ether oxygens (including phenoxy) is 3. The van der Waals surface area contributed by atoms with E-state index < -0.39 is 0 Å². The minimum atomic E-state index is -0.189. The topological polar surface area (TPSA) is 97.0 Å². The van der Waals surface area contributed by atoms with Gasteiger partial charge in [-0.1, -0.05) is 0 Å². The molecule has 0 unspecified atom stereocenters. The molecule has 1 saturated heterocycles. The van der Waals surface area contributed by atoms with Crippen molar-refractivity contribution >= 4 is 11.9 Å². The lowest BCUT2D eigenvalue weighted by Crippen LogP contribution is -2.30. The summed E-state index contributed by atoms with van der Waals surface area (Å²) in [6.45, 7) is 1.16. The molecule has 1 amide bonds. The lowest BCUT2D eigenvalue weighted by molar-refractivity contribution is -0.129. The number of rotatable bonds is 7. The summed E-state index contributed by atoms with van der Waals surface area (Å²) in [5.74, 6) is 2.08. The third-order valence-corrected chi connectivity index (χ3v) is 5.21. The van der Waals surface area contributed by atoms with Gasteiger partial charge in [0.25, 0.3) is 5.56 Å². The molecule has 1 aromatic heterocycles. The van der Waals surface area contributed by atoms with Crippen LogP contribution in [0.2, 0.25) is 0 Å². The second-order valence-electron chi connectivity index (χ2n) is 7.42. The standard InChI is InChI=1S/C21H28N4O5/c1-24(2)21-22-15(11-18(26)23-21)14-6-7-25(12-14)19(27)10-13-8-16(28-3)20(30-5)17(9-13)29-4/h8-9,11,14H,6-7,10,12H2,1-5H3,(H,22,23,26)/t14-/m1/s1. The van der Waals surface area contributed by atoms with Crippen molar-refractivity contribution in [3.05, 3.63) is 39.8 Å². The molecule has 30 heavy (non-hydrogen) atoms. The predicted molar refractivity (Wildman–Crippen MR) is 113 cm³/mol. The van der Waals surface area contributed by atoms with Crippen molar-refractivity contribution < 1.29 is 19.0 Å². The first-order chi connectivity index (χ1) is 14.4. The molecule has 0 spiro atoms. The van der Waals surface area contributed by atoms with Crippen LogP contribution in [0.15, 0.2) is 23.0 Å².